The topological polar surface area (TPSA) is 58.4 Å². The first-order chi connectivity index (χ1) is 9.65. The van der Waals surface area contributed by atoms with Crippen LogP contribution < -0.4 is 16.0 Å². The third-order valence-corrected chi connectivity index (χ3v) is 4.10. The summed E-state index contributed by atoms with van der Waals surface area (Å²) < 4.78 is 0.959. The summed E-state index contributed by atoms with van der Waals surface area (Å²) in [6, 6.07) is 13.5. The zero-order valence-corrected chi connectivity index (χ0v) is 12.4. The molecule has 0 aliphatic carbocycles. The van der Waals surface area contributed by atoms with Crippen LogP contribution in [-0.2, 0) is 11.3 Å². The van der Waals surface area contributed by atoms with Crippen LogP contribution in [0.4, 0.5) is 17.1 Å². The first kappa shape index (κ1) is 13.0. The van der Waals surface area contributed by atoms with Crippen LogP contribution in [-0.4, -0.2) is 12.5 Å². The van der Waals surface area contributed by atoms with Gasteiger partial charge in [-0.3, -0.25) is 4.79 Å². The number of anilines is 3. The molecule has 3 N–H and O–H groups in total. The smallest absolute Gasteiger partial charge is 0.243 e. The van der Waals surface area contributed by atoms with Gasteiger partial charge in [-0.2, -0.15) is 0 Å². The van der Waals surface area contributed by atoms with Gasteiger partial charge >= 0.3 is 0 Å². The Bertz CT molecular complexity index is 652. The molecule has 0 saturated heterocycles. The van der Waals surface area contributed by atoms with Crippen molar-refractivity contribution in [1.29, 1.82) is 0 Å². The lowest BCUT2D eigenvalue weighted by Gasteiger charge is -2.31. The summed E-state index contributed by atoms with van der Waals surface area (Å²) in [4.78, 5) is 13.8. The number of nitrogens with one attached hydrogen (secondary N) is 1. The Hall–Kier alpha value is -2.01. The monoisotopic (exact) mass is 331 g/mol. The number of carbonyl (C=O) groups excluding carboxylic acids is 1. The van der Waals surface area contributed by atoms with E-state index < -0.39 is 0 Å². The number of fused-ring (bicyclic) bond motifs is 1. The van der Waals surface area contributed by atoms with Crippen molar-refractivity contribution in [3.8, 4) is 0 Å². The molecule has 2 aromatic rings. The van der Waals surface area contributed by atoms with Crippen LogP contribution in [0.5, 0.6) is 0 Å². The van der Waals surface area contributed by atoms with E-state index in [1.807, 2.05) is 47.4 Å². The molecule has 0 atom stereocenters. The van der Waals surface area contributed by atoms with Crippen LogP contribution in [0.1, 0.15) is 5.56 Å². The maximum atomic E-state index is 11.8. The fraction of sp³-hybridized carbons (Fsp3) is 0.133. The van der Waals surface area contributed by atoms with E-state index in [-0.39, 0.29) is 5.91 Å². The van der Waals surface area contributed by atoms with Crippen molar-refractivity contribution in [3.05, 3.63) is 52.5 Å². The zero-order chi connectivity index (χ0) is 14.1. The molecular weight excluding hydrogens is 318 g/mol. The lowest BCUT2D eigenvalue weighted by molar-refractivity contribution is -0.115. The van der Waals surface area contributed by atoms with E-state index in [1.165, 1.54) is 0 Å². The van der Waals surface area contributed by atoms with Gasteiger partial charge in [0.25, 0.3) is 0 Å². The lowest BCUT2D eigenvalue weighted by Crippen LogP contribution is -2.37. The second-order valence-electron chi connectivity index (χ2n) is 4.73. The Morgan fingerprint density at radius 1 is 1.20 bits per heavy atom. The lowest BCUT2D eigenvalue weighted by atomic mass is 10.1. The van der Waals surface area contributed by atoms with Crippen LogP contribution >= 0.6 is 15.9 Å². The number of nitrogens with two attached hydrogens (primary N) is 1. The van der Waals surface area contributed by atoms with Crippen LogP contribution in [0.2, 0.25) is 0 Å². The summed E-state index contributed by atoms with van der Waals surface area (Å²) >= 11 is 3.52. The van der Waals surface area contributed by atoms with Gasteiger partial charge in [0.05, 0.1) is 17.9 Å². The molecule has 0 fully saturated rings. The molecule has 1 amide bonds. The minimum atomic E-state index is -0.00525. The molecule has 1 aliphatic heterocycles. The number of amides is 1. The Kier molecular flexibility index (Phi) is 3.36. The number of halogens is 1. The molecule has 4 nitrogen and oxygen atoms in total. The standard InChI is InChI=1S/C15H14BrN3O/c16-11-4-3-5-12(17)10(11)8-19-9-15(20)18-13-6-1-2-7-14(13)19/h1-7H,8-9,17H2,(H,18,20). The second-order valence-corrected chi connectivity index (χ2v) is 5.58. The third kappa shape index (κ3) is 2.36. The number of nitrogens with zero attached hydrogens (tertiary/aromatic N) is 1. The van der Waals surface area contributed by atoms with Crippen molar-refractivity contribution in [3.63, 3.8) is 0 Å². The number of hydrogen-bond acceptors (Lipinski definition) is 3. The summed E-state index contributed by atoms with van der Waals surface area (Å²) in [7, 11) is 0. The first-order valence-electron chi connectivity index (χ1n) is 6.32. The largest absolute Gasteiger partial charge is 0.398 e. The highest BCUT2D eigenvalue weighted by atomic mass is 79.9. The second kappa shape index (κ2) is 5.17. The van der Waals surface area contributed by atoms with E-state index in [1.54, 1.807) is 0 Å². The van der Waals surface area contributed by atoms with Gasteiger partial charge in [0.15, 0.2) is 0 Å². The van der Waals surface area contributed by atoms with Gasteiger partial charge < -0.3 is 16.0 Å². The average molecular weight is 332 g/mol. The number of hydrogen-bond donors (Lipinski definition) is 2. The molecule has 2 aromatic carbocycles. The maximum Gasteiger partial charge on any atom is 0.243 e. The number of benzene rings is 2. The Balaban J connectivity index is 1.97. The van der Waals surface area contributed by atoms with Gasteiger partial charge in [-0.15, -0.1) is 0 Å². The number of nitrogen functional groups attached to an aromatic ring is 1. The molecule has 0 saturated carbocycles. The normalized spacial score (nSPS) is 13.8. The summed E-state index contributed by atoms with van der Waals surface area (Å²) in [5.74, 6) is -0.00525. The predicted octanol–water partition coefficient (Wildman–Crippen LogP) is 2.99. The quantitative estimate of drug-likeness (QED) is 0.831. The number of rotatable bonds is 2. The number of para-hydroxylation sites is 2. The molecule has 0 bridgehead atoms. The van der Waals surface area contributed by atoms with Gasteiger partial charge in [0.2, 0.25) is 5.91 Å². The molecule has 102 valence electrons. The molecule has 3 rings (SSSR count). The van der Waals surface area contributed by atoms with E-state index >= 15 is 0 Å². The highest BCUT2D eigenvalue weighted by molar-refractivity contribution is 9.10. The van der Waals surface area contributed by atoms with Crippen molar-refractivity contribution < 1.29 is 4.79 Å². The van der Waals surface area contributed by atoms with Crippen molar-refractivity contribution in [2.24, 2.45) is 0 Å². The molecular formula is C15H14BrN3O. The molecule has 1 heterocycles. The first-order valence-corrected chi connectivity index (χ1v) is 7.11. The van der Waals surface area contributed by atoms with Gasteiger partial charge in [-0.25, -0.2) is 0 Å². The molecule has 0 radical (unpaired) electrons. The fourth-order valence-corrected chi connectivity index (χ4v) is 2.88. The predicted molar refractivity (Wildman–Crippen MR) is 84.7 cm³/mol. The van der Waals surface area contributed by atoms with Crippen LogP contribution in [0.15, 0.2) is 46.9 Å². The van der Waals surface area contributed by atoms with E-state index in [0.29, 0.717) is 13.1 Å². The van der Waals surface area contributed by atoms with Crippen molar-refractivity contribution in [2.75, 3.05) is 22.5 Å². The van der Waals surface area contributed by atoms with Crippen molar-refractivity contribution >= 4 is 38.9 Å². The molecule has 20 heavy (non-hydrogen) atoms. The minimum Gasteiger partial charge on any atom is -0.398 e. The fourth-order valence-electron chi connectivity index (χ4n) is 2.38. The van der Waals surface area contributed by atoms with E-state index in [0.717, 1.165) is 27.1 Å². The van der Waals surface area contributed by atoms with Crippen molar-refractivity contribution in [1.82, 2.24) is 0 Å². The average Bonchev–Trinajstić information content (AvgIpc) is 2.42. The van der Waals surface area contributed by atoms with Gasteiger partial charge in [-0.1, -0.05) is 34.1 Å². The highest BCUT2D eigenvalue weighted by Crippen LogP contribution is 2.32. The van der Waals surface area contributed by atoms with Gasteiger partial charge in [0, 0.05) is 22.3 Å². The minimum absolute atomic E-state index is 0.00525. The molecule has 5 heteroatoms. The highest BCUT2D eigenvalue weighted by Gasteiger charge is 2.22. The van der Waals surface area contributed by atoms with Crippen molar-refractivity contribution in [2.45, 2.75) is 6.54 Å². The summed E-state index contributed by atoms with van der Waals surface area (Å²) in [6.07, 6.45) is 0. The maximum absolute atomic E-state index is 11.8. The molecule has 0 spiro atoms. The summed E-state index contributed by atoms with van der Waals surface area (Å²) in [6.45, 7) is 0.926. The van der Waals surface area contributed by atoms with Gasteiger partial charge in [-0.05, 0) is 24.3 Å². The Morgan fingerprint density at radius 2 is 2.00 bits per heavy atom. The van der Waals surface area contributed by atoms with E-state index in [4.69, 9.17) is 5.73 Å². The zero-order valence-electron chi connectivity index (χ0n) is 10.8. The number of carbonyl (C=O) groups is 1. The molecule has 1 aliphatic rings. The molecule has 0 unspecified atom stereocenters. The van der Waals surface area contributed by atoms with Gasteiger partial charge in [0.1, 0.15) is 0 Å². The Morgan fingerprint density at radius 3 is 2.80 bits per heavy atom. The SMILES string of the molecule is Nc1cccc(Br)c1CN1CC(=O)Nc2ccccc21. The Labute approximate surface area is 125 Å². The van der Waals surface area contributed by atoms with Crippen LogP contribution in [0, 0.1) is 0 Å². The third-order valence-electron chi connectivity index (χ3n) is 3.36. The van der Waals surface area contributed by atoms with Crippen LogP contribution in [0.25, 0.3) is 0 Å². The molecule has 0 aromatic heterocycles. The van der Waals surface area contributed by atoms with E-state index in [2.05, 4.69) is 21.2 Å². The summed E-state index contributed by atoms with van der Waals surface area (Å²) in [5, 5.41) is 2.88. The summed E-state index contributed by atoms with van der Waals surface area (Å²) in [5.41, 5.74) is 9.62. The van der Waals surface area contributed by atoms with Crippen LogP contribution in [0.3, 0.4) is 0 Å². The van der Waals surface area contributed by atoms with E-state index in [9.17, 15) is 4.79 Å².